The number of hydrogen-bond acceptors (Lipinski definition) is 2. The van der Waals surface area contributed by atoms with Crippen LogP contribution in [0, 0.1) is 11.8 Å². The number of hydrogen-bond donors (Lipinski definition) is 1. The highest BCUT2D eigenvalue weighted by Gasteiger charge is 2.32. The van der Waals surface area contributed by atoms with E-state index in [4.69, 9.17) is 5.73 Å². The standard InChI is InChI=1S/C18H26N2O/c19-17-8-4-7-16(12-17)18(21)20-10-9-15(13-20)11-14-5-2-1-3-6-14/h1-3,5-6,15-17H,4,7-13,19H2. The maximum absolute atomic E-state index is 12.6. The molecular weight excluding hydrogens is 260 g/mol. The maximum Gasteiger partial charge on any atom is 0.225 e. The van der Waals surface area contributed by atoms with Crippen molar-refractivity contribution in [3.05, 3.63) is 35.9 Å². The highest BCUT2D eigenvalue weighted by molar-refractivity contribution is 5.79. The monoisotopic (exact) mass is 286 g/mol. The van der Waals surface area contributed by atoms with Gasteiger partial charge in [-0.1, -0.05) is 36.8 Å². The third kappa shape index (κ3) is 3.65. The van der Waals surface area contributed by atoms with Crippen LogP contribution in [0.2, 0.25) is 0 Å². The smallest absolute Gasteiger partial charge is 0.225 e. The van der Waals surface area contributed by atoms with Crippen LogP contribution in [-0.2, 0) is 11.2 Å². The summed E-state index contributed by atoms with van der Waals surface area (Å²) in [6.45, 7) is 1.86. The molecule has 0 aromatic heterocycles. The third-order valence-electron chi connectivity index (χ3n) is 5.03. The van der Waals surface area contributed by atoms with Crippen LogP contribution in [0.15, 0.2) is 30.3 Å². The van der Waals surface area contributed by atoms with E-state index < -0.39 is 0 Å². The van der Waals surface area contributed by atoms with Crippen molar-refractivity contribution in [3.63, 3.8) is 0 Å². The van der Waals surface area contributed by atoms with Gasteiger partial charge in [0.05, 0.1) is 0 Å². The SMILES string of the molecule is NC1CCCC(C(=O)N2CCC(Cc3ccccc3)C2)C1. The number of nitrogens with two attached hydrogens (primary N) is 1. The Morgan fingerprint density at radius 2 is 2.00 bits per heavy atom. The Morgan fingerprint density at radius 3 is 2.76 bits per heavy atom. The summed E-state index contributed by atoms with van der Waals surface area (Å²) in [4.78, 5) is 14.7. The van der Waals surface area contributed by atoms with Gasteiger partial charge in [0.15, 0.2) is 0 Å². The van der Waals surface area contributed by atoms with Gasteiger partial charge in [-0.15, -0.1) is 0 Å². The number of amides is 1. The van der Waals surface area contributed by atoms with E-state index in [-0.39, 0.29) is 12.0 Å². The molecule has 2 aliphatic rings. The van der Waals surface area contributed by atoms with Crippen LogP contribution in [0.25, 0.3) is 0 Å². The molecular formula is C18H26N2O. The second-order valence-electron chi connectivity index (χ2n) is 6.75. The van der Waals surface area contributed by atoms with Gasteiger partial charge in [-0.25, -0.2) is 0 Å². The Bertz CT molecular complexity index is 473. The molecule has 1 heterocycles. The Kier molecular flexibility index (Phi) is 4.59. The van der Waals surface area contributed by atoms with Crippen molar-refractivity contribution < 1.29 is 4.79 Å². The van der Waals surface area contributed by atoms with Crippen molar-refractivity contribution in [1.29, 1.82) is 0 Å². The Hall–Kier alpha value is -1.35. The number of carbonyl (C=O) groups excluding carboxylic acids is 1. The summed E-state index contributed by atoms with van der Waals surface area (Å²) in [7, 11) is 0. The van der Waals surface area contributed by atoms with Gasteiger partial charge in [-0.2, -0.15) is 0 Å². The van der Waals surface area contributed by atoms with Crippen LogP contribution in [0.4, 0.5) is 0 Å². The summed E-state index contributed by atoms with van der Waals surface area (Å²) >= 11 is 0. The minimum atomic E-state index is 0.184. The highest BCUT2D eigenvalue weighted by atomic mass is 16.2. The zero-order valence-electron chi connectivity index (χ0n) is 12.7. The Balaban J connectivity index is 1.53. The van der Waals surface area contributed by atoms with Gasteiger partial charge in [-0.05, 0) is 43.6 Å². The third-order valence-corrected chi connectivity index (χ3v) is 5.03. The van der Waals surface area contributed by atoms with Crippen molar-refractivity contribution in [3.8, 4) is 0 Å². The van der Waals surface area contributed by atoms with Crippen molar-refractivity contribution >= 4 is 5.91 Å². The minimum absolute atomic E-state index is 0.184. The molecule has 2 fully saturated rings. The molecule has 0 bridgehead atoms. The second-order valence-corrected chi connectivity index (χ2v) is 6.75. The maximum atomic E-state index is 12.6. The summed E-state index contributed by atoms with van der Waals surface area (Å²) in [6, 6.07) is 10.8. The fourth-order valence-corrected chi connectivity index (χ4v) is 3.86. The predicted octanol–water partition coefficient (Wildman–Crippen LogP) is 2.60. The van der Waals surface area contributed by atoms with E-state index in [2.05, 4.69) is 35.2 Å². The first-order valence-corrected chi connectivity index (χ1v) is 8.30. The molecule has 114 valence electrons. The van der Waals surface area contributed by atoms with E-state index in [0.717, 1.165) is 51.6 Å². The van der Waals surface area contributed by atoms with Gasteiger partial charge in [-0.3, -0.25) is 4.79 Å². The van der Waals surface area contributed by atoms with Gasteiger partial charge in [0.1, 0.15) is 0 Å². The van der Waals surface area contributed by atoms with Crippen LogP contribution in [0.1, 0.15) is 37.7 Å². The van der Waals surface area contributed by atoms with Crippen LogP contribution in [0.5, 0.6) is 0 Å². The molecule has 3 unspecified atom stereocenters. The first kappa shape index (κ1) is 14.6. The molecule has 1 aromatic rings. The number of likely N-dealkylation sites (tertiary alicyclic amines) is 1. The zero-order chi connectivity index (χ0) is 14.7. The minimum Gasteiger partial charge on any atom is -0.342 e. The first-order valence-electron chi connectivity index (χ1n) is 8.30. The fraction of sp³-hybridized carbons (Fsp3) is 0.611. The van der Waals surface area contributed by atoms with Gasteiger partial charge in [0, 0.05) is 25.0 Å². The first-order chi connectivity index (χ1) is 10.2. The Morgan fingerprint density at radius 1 is 1.19 bits per heavy atom. The van der Waals surface area contributed by atoms with Crippen LogP contribution < -0.4 is 5.73 Å². The Labute approximate surface area is 127 Å². The molecule has 0 spiro atoms. The molecule has 0 radical (unpaired) electrons. The van der Waals surface area contributed by atoms with E-state index in [1.807, 2.05) is 0 Å². The van der Waals surface area contributed by atoms with E-state index in [9.17, 15) is 4.79 Å². The highest BCUT2D eigenvalue weighted by Crippen LogP contribution is 2.28. The van der Waals surface area contributed by atoms with Gasteiger partial charge < -0.3 is 10.6 Å². The topological polar surface area (TPSA) is 46.3 Å². The largest absolute Gasteiger partial charge is 0.342 e. The normalized spacial score (nSPS) is 29.6. The van der Waals surface area contributed by atoms with Gasteiger partial charge in [0.25, 0.3) is 0 Å². The van der Waals surface area contributed by atoms with Crippen molar-refractivity contribution in [2.24, 2.45) is 17.6 Å². The lowest BCUT2D eigenvalue weighted by molar-refractivity contribution is -0.135. The fourth-order valence-electron chi connectivity index (χ4n) is 3.86. The number of carbonyl (C=O) groups is 1. The summed E-state index contributed by atoms with van der Waals surface area (Å²) in [5.41, 5.74) is 7.41. The van der Waals surface area contributed by atoms with Gasteiger partial charge >= 0.3 is 0 Å². The lowest BCUT2D eigenvalue weighted by Crippen LogP contribution is -2.39. The molecule has 2 N–H and O–H groups in total. The summed E-state index contributed by atoms with van der Waals surface area (Å²) in [5.74, 6) is 1.17. The van der Waals surface area contributed by atoms with E-state index in [1.165, 1.54) is 5.56 Å². The van der Waals surface area contributed by atoms with Crippen molar-refractivity contribution in [2.75, 3.05) is 13.1 Å². The van der Waals surface area contributed by atoms with Crippen LogP contribution >= 0.6 is 0 Å². The molecule has 1 aliphatic heterocycles. The molecule has 3 nitrogen and oxygen atoms in total. The number of rotatable bonds is 3. The lowest BCUT2D eigenvalue weighted by Gasteiger charge is -2.29. The van der Waals surface area contributed by atoms with Crippen molar-refractivity contribution in [2.45, 2.75) is 44.6 Å². The quantitative estimate of drug-likeness (QED) is 0.928. The van der Waals surface area contributed by atoms with E-state index in [1.54, 1.807) is 0 Å². The molecule has 3 rings (SSSR count). The second kappa shape index (κ2) is 6.61. The van der Waals surface area contributed by atoms with E-state index >= 15 is 0 Å². The predicted molar refractivity (Wildman–Crippen MR) is 84.8 cm³/mol. The van der Waals surface area contributed by atoms with Crippen molar-refractivity contribution in [1.82, 2.24) is 4.90 Å². The van der Waals surface area contributed by atoms with Crippen LogP contribution in [0.3, 0.4) is 0 Å². The molecule has 3 heteroatoms. The molecule has 3 atom stereocenters. The molecule has 1 aliphatic carbocycles. The summed E-state index contributed by atoms with van der Waals surface area (Å²) in [6.07, 6.45) is 6.35. The average molecular weight is 286 g/mol. The molecule has 21 heavy (non-hydrogen) atoms. The number of nitrogens with zero attached hydrogens (tertiary/aromatic N) is 1. The molecule has 1 saturated heterocycles. The number of benzene rings is 1. The molecule has 1 saturated carbocycles. The molecule has 1 amide bonds. The zero-order valence-corrected chi connectivity index (χ0v) is 12.7. The van der Waals surface area contributed by atoms with E-state index in [0.29, 0.717) is 11.8 Å². The summed E-state index contributed by atoms with van der Waals surface area (Å²) < 4.78 is 0. The lowest BCUT2D eigenvalue weighted by atomic mass is 9.85. The van der Waals surface area contributed by atoms with Gasteiger partial charge in [0.2, 0.25) is 5.91 Å². The summed E-state index contributed by atoms with van der Waals surface area (Å²) in [5, 5.41) is 0. The van der Waals surface area contributed by atoms with Crippen LogP contribution in [-0.4, -0.2) is 29.9 Å². The average Bonchev–Trinajstić information content (AvgIpc) is 2.96. The molecule has 1 aromatic carbocycles.